The molecule has 0 aliphatic carbocycles. The molecule has 2 aromatic heterocycles. The van der Waals surface area contributed by atoms with E-state index in [0.717, 1.165) is 10.5 Å². The van der Waals surface area contributed by atoms with Crippen molar-refractivity contribution in [3.63, 3.8) is 0 Å². The van der Waals surface area contributed by atoms with Crippen LogP contribution in [0.5, 0.6) is 0 Å². The summed E-state index contributed by atoms with van der Waals surface area (Å²) >= 11 is 1.61. The molecule has 0 spiro atoms. The van der Waals surface area contributed by atoms with Crippen molar-refractivity contribution >= 4 is 22.7 Å². The van der Waals surface area contributed by atoms with Crippen LogP contribution in [-0.4, -0.2) is 15.1 Å². The van der Waals surface area contributed by atoms with E-state index in [1.165, 1.54) is 16.5 Å². The SMILES string of the molecule is Cc1cc(SCc2nc(Cc3ccccc3)no2)nc2ccccc12. The number of rotatable bonds is 5. The Kier molecular flexibility index (Phi) is 4.48. The highest BCUT2D eigenvalue weighted by Crippen LogP contribution is 2.25. The summed E-state index contributed by atoms with van der Waals surface area (Å²) in [6.45, 7) is 2.11. The molecule has 0 N–H and O–H groups in total. The smallest absolute Gasteiger partial charge is 0.237 e. The molecule has 0 atom stereocenters. The summed E-state index contributed by atoms with van der Waals surface area (Å²) in [6, 6.07) is 20.4. The topological polar surface area (TPSA) is 51.8 Å². The van der Waals surface area contributed by atoms with Gasteiger partial charge >= 0.3 is 0 Å². The molecule has 124 valence electrons. The van der Waals surface area contributed by atoms with E-state index in [1.54, 1.807) is 11.8 Å². The highest BCUT2D eigenvalue weighted by atomic mass is 32.2. The third-order valence-electron chi connectivity index (χ3n) is 3.96. The number of fused-ring (bicyclic) bond motifs is 1. The lowest BCUT2D eigenvalue weighted by atomic mass is 10.1. The van der Waals surface area contributed by atoms with Crippen molar-refractivity contribution in [3.8, 4) is 0 Å². The number of nitrogens with zero attached hydrogens (tertiary/aromatic N) is 3. The predicted molar refractivity (Wildman–Crippen MR) is 99.6 cm³/mol. The normalized spacial score (nSPS) is 11.1. The second-order valence-electron chi connectivity index (χ2n) is 5.85. The molecule has 0 bridgehead atoms. The van der Waals surface area contributed by atoms with Crippen LogP contribution in [0.2, 0.25) is 0 Å². The van der Waals surface area contributed by atoms with E-state index in [4.69, 9.17) is 9.51 Å². The van der Waals surface area contributed by atoms with Crippen LogP contribution in [0.3, 0.4) is 0 Å². The molecule has 25 heavy (non-hydrogen) atoms. The van der Waals surface area contributed by atoms with Crippen LogP contribution in [0.25, 0.3) is 10.9 Å². The van der Waals surface area contributed by atoms with Gasteiger partial charge in [0, 0.05) is 11.8 Å². The van der Waals surface area contributed by atoms with Crippen molar-refractivity contribution in [1.82, 2.24) is 15.1 Å². The van der Waals surface area contributed by atoms with E-state index >= 15 is 0 Å². The highest BCUT2D eigenvalue weighted by molar-refractivity contribution is 7.98. The van der Waals surface area contributed by atoms with Gasteiger partial charge in [-0.25, -0.2) is 4.98 Å². The number of hydrogen-bond donors (Lipinski definition) is 0. The molecule has 2 aromatic carbocycles. The zero-order chi connectivity index (χ0) is 17.1. The number of hydrogen-bond acceptors (Lipinski definition) is 5. The van der Waals surface area contributed by atoms with Gasteiger partial charge in [0.1, 0.15) is 0 Å². The molecule has 4 aromatic rings. The van der Waals surface area contributed by atoms with Crippen LogP contribution in [0.4, 0.5) is 0 Å². The van der Waals surface area contributed by atoms with Crippen molar-refractivity contribution in [2.75, 3.05) is 0 Å². The lowest BCUT2D eigenvalue weighted by Gasteiger charge is -2.04. The first-order chi connectivity index (χ1) is 12.3. The fourth-order valence-electron chi connectivity index (χ4n) is 2.73. The van der Waals surface area contributed by atoms with Crippen molar-refractivity contribution < 1.29 is 4.52 Å². The van der Waals surface area contributed by atoms with Gasteiger partial charge in [-0.05, 0) is 30.2 Å². The average Bonchev–Trinajstić information content (AvgIpc) is 3.08. The number of aryl methyl sites for hydroxylation is 1. The Morgan fingerprint density at radius 3 is 2.64 bits per heavy atom. The zero-order valence-electron chi connectivity index (χ0n) is 13.8. The number of pyridine rings is 1. The van der Waals surface area contributed by atoms with Gasteiger partial charge in [0.15, 0.2) is 5.82 Å². The summed E-state index contributed by atoms with van der Waals surface area (Å²) in [6.07, 6.45) is 0.683. The van der Waals surface area contributed by atoms with Gasteiger partial charge in [0.2, 0.25) is 5.89 Å². The average molecular weight is 347 g/mol. The van der Waals surface area contributed by atoms with Gasteiger partial charge < -0.3 is 4.52 Å². The fraction of sp³-hybridized carbons (Fsp3) is 0.150. The van der Waals surface area contributed by atoms with E-state index < -0.39 is 0 Å². The fourth-order valence-corrected chi connectivity index (χ4v) is 3.54. The van der Waals surface area contributed by atoms with Crippen LogP contribution in [0.15, 0.2) is 70.2 Å². The number of benzene rings is 2. The van der Waals surface area contributed by atoms with Crippen LogP contribution >= 0.6 is 11.8 Å². The summed E-state index contributed by atoms with van der Waals surface area (Å²) in [7, 11) is 0. The molecule has 5 heteroatoms. The number of para-hydroxylation sites is 1. The third kappa shape index (κ3) is 3.72. The molecule has 0 radical (unpaired) electrons. The summed E-state index contributed by atoms with van der Waals surface area (Å²) < 4.78 is 5.37. The van der Waals surface area contributed by atoms with Gasteiger partial charge in [0.05, 0.1) is 16.3 Å². The predicted octanol–water partition coefficient (Wildman–Crippen LogP) is 4.81. The van der Waals surface area contributed by atoms with Crippen LogP contribution in [-0.2, 0) is 12.2 Å². The van der Waals surface area contributed by atoms with Crippen LogP contribution < -0.4 is 0 Å². The number of aromatic nitrogens is 3. The Labute approximate surface area is 150 Å². The van der Waals surface area contributed by atoms with Gasteiger partial charge in [0.25, 0.3) is 0 Å². The Bertz CT molecular complexity index is 998. The van der Waals surface area contributed by atoms with Crippen molar-refractivity contribution in [3.05, 3.63) is 83.5 Å². The van der Waals surface area contributed by atoms with E-state index in [-0.39, 0.29) is 0 Å². The van der Waals surface area contributed by atoms with E-state index in [0.29, 0.717) is 23.9 Å². The quantitative estimate of drug-likeness (QED) is 0.485. The van der Waals surface area contributed by atoms with E-state index in [2.05, 4.69) is 41.3 Å². The largest absolute Gasteiger partial charge is 0.338 e. The molecule has 0 saturated heterocycles. The maximum absolute atomic E-state index is 5.37. The Balaban J connectivity index is 1.45. The molecular formula is C20H17N3OS. The Hall–Kier alpha value is -2.66. The first-order valence-electron chi connectivity index (χ1n) is 8.12. The van der Waals surface area contributed by atoms with Crippen LogP contribution in [0.1, 0.15) is 22.8 Å². The summed E-state index contributed by atoms with van der Waals surface area (Å²) in [5.41, 5.74) is 3.41. The Morgan fingerprint density at radius 1 is 0.960 bits per heavy atom. The van der Waals surface area contributed by atoms with Gasteiger partial charge in [-0.2, -0.15) is 4.98 Å². The zero-order valence-corrected chi connectivity index (χ0v) is 14.7. The van der Waals surface area contributed by atoms with Crippen LogP contribution in [0, 0.1) is 6.92 Å². The maximum Gasteiger partial charge on any atom is 0.237 e. The summed E-state index contributed by atoms with van der Waals surface area (Å²) in [4.78, 5) is 9.18. The van der Waals surface area contributed by atoms with Gasteiger partial charge in [-0.1, -0.05) is 65.4 Å². The summed E-state index contributed by atoms with van der Waals surface area (Å²) in [5, 5.41) is 6.23. The lowest BCUT2D eigenvalue weighted by molar-refractivity contribution is 0.386. The van der Waals surface area contributed by atoms with E-state index in [1.807, 2.05) is 36.4 Å². The molecule has 0 saturated carbocycles. The maximum atomic E-state index is 5.37. The second-order valence-corrected chi connectivity index (χ2v) is 6.85. The monoisotopic (exact) mass is 347 g/mol. The Morgan fingerprint density at radius 2 is 1.76 bits per heavy atom. The lowest BCUT2D eigenvalue weighted by Crippen LogP contribution is -1.91. The molecule has 2 heterocycles. The molecular weight excluding hydrogens is 330 g/mol. The molecule has 4 nitrogen and oxygen atoms in total. The first kappa shape index (κ1) is 15.8. The minimum absolute atomic E-state index is 0.618. The molecule has 0 unspecified atom stereocenters. The number of thioether (sulfide) groups is 1. The minimum atomic E-state index is 0.618. The molecule has 4 rings (SSSR count). The van der Waals surface area contributed by atoms with Crippen molar-refractivity contribution in [1.29, 1.82) is 0 Å². The molecule has 0 aliphatic rings. The molecule has 0 amide bonds. The van der Waals surface area contributed by atoms with Gasteiger partial charge in [-0.15, -0.1) is 0 Å². The van der Waals surface area contributed by atoms with Crippen molar-refractivity contribution in [2.24, 2.45) is 0 Å². The second kappa shape index (κ2) is 7.07. The highest BCUT2D eigenvalue weighted by Gasteiger charge is 2.09. The molecule has 0 aliphatic heterocycles. The molecule has 0 fully saturated rings. The first-order valence-corrected chi connectivity index (χ1v) is 9.11. The van der Waals surface area contributed by atoms with Crippen molar-refractivity contribution in [2.45, 2.75) is 24.1 Å². The third-order valence-corrected chi connectivity index (χ3v) is 4.85. The standard InChI is InChI=1S/C20H17N3OS/c1-14-11-20(21-17-10-6-5-9-16(14)17)25-13-19-22-18(23-24-19)12-15-7-3-2-4-8-15/h2-11H,12-13H2,1H3. The summed E-state index contributed by atoms with van der Waals surface area (Å²) in [5.74, 6) is 1.96. The van der Waals surface area contributed by atoms with Gasteiger partial charge in [-0.3, -0.25) is 0 Å². The minimum Gasteiger partial charge on any atom is -0.338 e. The van der Waals surface area contributed by atoms with E-state index in [9.17, 15) is 0 Å².